The van der Waals surface area contributed by atoms with Crippen molar-refractivity contribution in [1.29, 1.82) is 0 Å². The summed E-state index contributed by atoms with van der Waals surface area (Å²) < 4.78 is 0. The van der Waals surface area contributed by atoms with Crippen molar-refractivity contribution >= 4 is 17.1 Å². The number of thiazole rings is 1. The van der Waals surface area contributed by atoms with Crippen molar-refractivity contribution in [3.8, 4) is 0 Å². The average Bonchev–Trinajstić information content (AvgIpc) is 3.55. The fourth-order valence-corrected chi connectivity index (χ4v) is 10.8. The minimum atomic E-state index is -0.649. The second-order valence-electron chi connectivity index (χ2n) is 15.3. The number of hydrogen-bond donors (Lipinski definition) is 2. The Bertz CT molecular complexity index is 1460. The molecule has 4 fully saturated rings. The molecule has 5 nitrogen and oxygen atoms in total. The molecule has 4 aliphatic carbocycles. The van der Waals surface area contributed by atoms with E-state index in [4.69, 9.17) is 4.98 Å². The van der Waals surface area contributed by atoms with E-state index >= 15 is 0 Å². The van der Waals surface area contributed by atoms with E-state index in [0.717, 1.165) is 55.2 Å². The molecule has 2 aromatic rings. The molecule has 0 spiro atoms. The van der Waals surface area contributed by atoms with Gasteiger partial charge in [0.25, 0.3) is 0 Å². The molecule has 248 valence electrons. The maximum atomic E-state index is 14.2. The van der Waals surface area contributed by atoms with Gasteiger partial charge in [0.1, 0.15) is 0 Å². The lowest BCUT2D eigenvalue weighted by atomic mass is 9.60. The van der Waals surface area contributed by atoms with Gasteiger partial charge in [0.15, 0.2) is 5.78 Å². The lowest BCUT2D eigenvalue weighted by molar-refractivity contribution is 0.0804. The van der Waals surface area contributed by atoms with Gasteiger partial charge in [-0.15, -0.1) is 11.3 Å². The van der Waals surface area contributed by atoms with Gasteiger partial charge in [0.05, 0.1) is 17.2 Å². The molecule has 6 rings (SSSR count). The molecule has 2 N–H and O–H groups in total. The van der Waals surface area contributed by atoms with Crippen LogP contribution in [0.2, 0.25) is 0 Å². The van der Waals surface area contributed by atoms with Crippen LogP contribution >= 0.6 is 11.3 Å². The zero-order chi connectivity index (χ0) is 32.5. The number of rotatable bonds is 12. The molecule has 4 aliphatic rings. The SMILES string of the molecule is C=C1C(=CC=C2CCC[C@]3(C)[C@@H]([C@H](C)CC[C@H](C(=O)c4ccncc4)C4(c5ncc(CCCC)s5)CC4)CC[C@@H]23)C[C@@H](O)C[C@@H]1O. The second kappa shape index (κ2) is 14.0. The highest BCUT2D eigenvalue weighted by Crippen LogP contribution is 2.61. The van der Waals surface area contributed by atoms with Crippen LogP contribution in [-0.2, 0) is 11.8 Å². The largest absolute Gasteiger partial charge is 0.393 e. The number of carbonyl (C=O) groups is 1. The molecule has 46 heavy (non-hydrogen) atoms. The van der Waals surface area contributed by atoms with E-state index in [2.05, 4.69) is 50.7 Å². The third kappa shape index (κ3) is 6.64. The standard InChI is InChI=1S/C40H54N2O3S/c1-5-6-9-32-25-42-38(46-32)40(19-20-40)35(37(45)29-16-21-41-22-17-29)13-10-26(2)33-14-15-34-28(8-7-18-39(33,34)4)11-12-30-23-31(43)24-36(44)27(30)3/h11-12,16-17,21-22,25-26,31,33-36,43-44H,3,5-10,13-15,18-20,23-24H2,1-2,4H3/t26-,31-,33-,34+,35-,36+,39-/m1/s1. The van der Waals surface area contributed by atoms with E-state index in [-0.39, 0.29) is 22.5 Å². The van der Waals surface area contributed by atoms with Crippen LogP contribution in [0.1, 0.15) is 124 Å². The normalized spacial score (nSPS) is 32.0. The zero-order valence-electron chi connectivity index (χ0n) is 28.2. The van der Waals surface area contributed by atoms with Crippen LogP contribution in [0.15, 0.2) is 66.2 Å². The summed E-state index contributed by atoms with van der Waals surface area (Å²) >= 11 is 1.85. The summed E-state index contributed by atoms with van der Waals surface area (Å²) in [7, 11) is 0. The number of aromatic nitrogens is 2. The minimum absolute atomic E-state index is 0.0461. The maximum absolute atomic E-state index is 14.2. The number of aryl methyl sites for hydroxylation is 1. The summed E-state index contributed by atoms with van der Waals surface area (Å²) in [6.45, 7) is 11.3. The van der Waals surface area contributed by atoms with Crippen LogP contribution in [-0.4, -0.2) is 38.2 Å². The second-order valence-corrected chi connectivity index (χ2v) is 16.4. The van der Waals surface area contributed by atoms with Gasteiger partial charge >= 0.3 is 0 Å². The highest BCUT2D eigenvalue weighted by molar-refractivity contribution is 7.11. The Morgan fingerprint density at radius 3 is 2.67 bits per heavy atom. The van der Waals surface area contributed by atoms with Crippen molar-refractivity contribution in [2.45, 2.75) is 128 Å². The molecule has 0 aromatic carbocycles. The van der Waals surface area contributed by atoms with E-state index in [9.17, 15) is 15.0 Å². The predicted octanol–water partition coefficient (Wildman–Crippen LogP) is 8.97. The predicted molar refractivity (Wildman–Crippen MR) is 187 cm³/mol. The molecule has 0 saturated heterocycles. The van der Waals surface area contributed by atoms with Crippen LogP contribution in [0.5, 0.6) is 0 Å². The molecule has 6 heteroatoms. The molecule has 0 bridgehead atoms. The van der Waals surface area contributed by atoms with Gasteiger partial charge in [-0.05, 0) is 123 Å². The van der Waals surface area contributed by atoms with Crippen LogP contribution in [0.3, 0.4) is 0 Å². The number of aliphatic hydroxyl groups is 2. The van der Waals surface area contributed by atoms with Crippen LogP contribution in [0, 0.1) is 29.1 Å². The minimum Gasteiger partial charge on any atom is -0.393 e. The Hall–Kier alpha value is -2.41. The van der Waals surface area contributed by atoms with Crippen molar-refractivity contribution in [1.82, 2.24) is 9.97 Å². The van der Waals surface area contributed by atoms with Crippen LogP contribution in [0.25, 0.3) is 0 Å². The first-order chi connectivity index (χ1) is 22.2. The fraction of sp³-hybridized carbons (Fsp3) is 0.625. The topological polar surface area (TPSA) is 83.3 Å². The van der Waals surface area contributed by atoms with Gasteiger partial charge in [-0.2, -0.15) is 0 Å². The summed E-state index contributed by atoms with van der Waals surface area (Å²) in [5.41, 5.74) is 4.21. The zero-order valence-corrected chi connectivity index (χ0v) is 29.0. The van der Waals surface area contributed by atoms with Crippen LogP contribution in [0.4, 0.5) is 0 Å². The van der Waals surface area contributed by atoms with Crippen molar-refractivity contribution in [2.75, 3.05) is 0 Å². The molecule has 0 aliphatic heterocycles. The van der Waals surface area contributed by atoms with Gasteiger partial charge in [-0.25, -0.2) is 4.98 Å². The van der Waals surface area contributed by atoms with E-state index in [1.165, 1.54) is 54.0 Å². The maximum Gasteiger partial charge on any atom is 0.167 e. The van der Waals surface area contributed by atoms with Gasteiger partial charge in [-0.1, -0.05) is 51.5 Å². The van der Waals surface area contributed by atoms with Crippen molar-refractivity contribution in [3.63, 3.8) is 0 Å². The Morgan fingerprint density at radius 2 is 1.93 bits per heavy atom. The Kier molecular flexibility index (Phi) is 10.2. The lowest BCUT2D eigenvalue weighted by Gasteiger charge is -2.44. The highest BCUT2D eigenvalue weighted by atomic mass is 32.1. The Labute approximate surface area is 280 Å². The van der Waals surface area contributed by atoms with Gasteiger partial charge in [0.2, 0.25) is 0 Å². The number of hydrogen-bond acceptors (Lipinski definition) is 6. The van der Waals surface area contributed by atoms with E-state index < -0.39 is 12.2 Å². The number of aliphatic hydroxyl groups excluding tert-OH is 2. The summed E-state index contributed by atoms with van der Waals surface area (Å²) in [5, 5.41) is 21.8. The lowest BCUT2D eigenvalue weighted by Crippen LogP contribution is -2.36. The molecular formula is C40H54N2O3S. The van der Waals surface area contributed by atoms with E-state index in [0.29, 0.717) is 30.6 Å². The monoisotopic (exact) mass is 642 g/mol. The molecule has 0 radical (unpaired) electrons. The summed E-state index contributed by atoms with van der Waals surface area (Å²) in [4.78, 5) is 24.7. The average molecular weight is 643 g/mol. The first-order valence-electron chi connectivity index (χ1n) is 18.0. The van der Waals surface area contributed by atoms with Crippen molar-refractivity contribution in [2.24, 2.45) is 29.1 Å². The first-order valence-corrected chi connectivity index (χ1v) is 18.8. The Balaban J connectivity index is 1.19. The molecular weight excluding hydrogens is 589 g/mol. The van der Waals surface area contributed by atoms with Gasteiger partial charge in [-0.3, -0.25) is 9.78 Å². The third-order valence-corrected chi connectivity index (χ3v) is 13.7. The number of carbonyl (C=O) groups excluding carboxylic acids is 1. The smallest absolute Gasteiger partial charge is 0.167 e. The molecule has 2 aromatic heterocycles. The molecule has 4 saturated carbocycles. The number of nitrogens with zero attached hydrogens (tertiary/aromatic N) is 2. The fourth-order valence-electron chi connectivity index (χ4n) is 9.54. The summed E-state index contributed by atoms with van der Waals surface area (Å²) in [6.07, 6.45) is 23.4. The van der Waals surface area contributed by atoms with Gasteiger partial charge in [0, 0.05) is 46.8 Å². The molecule has 0 amide bonds. The summed E-state index contributed by atoms with van der Waals surface area (Å²) in [6, 6.07) is 3.78. The molecule has 0 unspecified atom stereocenters. The number of allylic oxidation sites excluding steroid dienone is 3. The number of unbranched alkanes of at least 4 members (excludes halogenated alkanes) is 1. The number of Topliss-reactive ketones (excluding diaryl/α,β-unsaturated/α-hetero) is 1. The number of pyridine rings is 1. The quantitative estimate of drug-likeness (QED) is 0.226. The summed E-state index contributed by atoms with van der Waals surface area (Å²) in [5.74, 6) is 1.96. The highest BCUT2D eigenvalue weighted by Gasteiger charge is 2.56. The third-order valence-electron chi connectivity index (χ3n) is 12.4. The Morgan fingerprint density at radius 1 is 1.15 bits per heavy atom. The van der Waals surface area contributed by atoms with E-state index in [1.807, 2.05) is 23.5 Å². The van der Waals surface area contributed by atoms with E-state index in [1.54, 1.807) is 12.4 Å². The van der Waals surface area contributed by atoms with Crippen molar-refractivity contribution < 1.29 is 15.0 Å². The number of ketones is 1. The molecule has 7 atom stereocenters. The van der Waals surface area contributed by atoms with Crippen LogP contribution < -0.4 is 0 Å². The molecule has 2 heterocycles. The van der Waals surface area contributed by atoms with Crippen molar-refractivity contribution in [3.05, 3.63) is 81.6 Å². The first kappa shape index (κ1) is 33.5. The van der Waals surface area contributed by atoms with Gasteiger partial charge < -0.3 is 10.2 Å². The number of fused-ring (bicyclic) bond motifs is 1.